The predicted octanol–water partition coefficient (Wildman–Crippen LogP) is 2.24. The molecular weight excluding hydrogens is 278 g/mol. The topological polar surface area (TPSA) is 41.9 Å². The lowest BCUT2D eigenvalue weighted by Crippen LogP contribution is -2.43. The van der Waals surface area contributed by atoms with Gasteiger partial charge in [-0.25, -0.2) is 0 Å². The number of rotatable bonds is 2. The van der Waals surface area contributed by atoms with E-state index in [0.717, 1.165) is 37.6 Å². The second-order valence-corrected chi connectivity index (χ2v) is 6.56. The van der Waals surface area contributed by atoms with Crippen molar-refractivity contribution in [1.82, 2.24) is 4.90 Å². The van der Waals surface area contributed by atoms with Gasteiger partial charge >= 0.3 is 0 Å². The smallest absolute Gasteiger partial charge is 0.166 e. The normalized spacial score (nSPS) is 32.9. The van der Waals surface area contributed by atoms with Crippen LogP contribution in [0.3, 0.4) is 0 Å². The molecular formula is C18H23NO3. The van der Waals surface area contributed by atoms with Gasteiger partial charge in [-0.2, -0.15) is 0 Å². The van der Waals surface area contributed by atoms with Crippen molar-refractivity contribution in [3.8, 4) is 11.5 Å². The highest BCUT2D eigenvalue weighted by Gasteiger charge is 2.52. The summed E-state index contributed by atoms with van der Waals surface area (Å²) in [5.41, 5.74) is 2.51. The summed E-state index contributed by atoms with van der Waals surface area (Å²) in [5, 5.41) is 10.0. The molecule has 1 aliphatic carbocycles. The molecule has 1 unspecified atom stereocenters. The van der Waals surface area contributed by atoms with Crippen molar-refractivity contribution in [2.75, 3.05) is 20.2 Å². The number of ether oxygens (including phenoxy) is 2. The van der Waals surface area contributed by atoms with E-state index in [1.807, 2.05) is 12.1 Å². The Balaban J connectivity index is 1.92. The van der Waals surface area contributed by atoms with E-state index < -0.39 is 6.10 Å². The van der Waals surface area contributed by atoms with Gasteiger partial charge in [0, 0.05) is 18.5 Å². The summed E-state index contributed by atoms with van der Waals surface area (Å²) < 4.78 is 11.8. The van der Waals surface area contributed by atoms with Gasteiger partial charge in [0.25, 0.3) is 0 Å². The average molecular weight is 301 g/mol. The van der Waals surface area contributed by atoms with Crippen LogP contribution in [-0.4, -0.2) is 42.4 Å². The fraction of sp³-hybridized carbons (Fsp3) is 0.556. The number of hydrogen-bond acceptors (Lipinski definition) is 4. The summed E-state index contributed by atoms with van der Waals surface area (Å²) >= 11 is 0. The van der Waals surface area contributed by atoms with E-state index in [4.69, 9.17) is 9.47 Å². The Bertz CT molecular complexity index is 627. The van der Waals surface area contributed by atoms with Gasteiger partial charge in [-0.05, 0) is 31.1 Å². The van der Waals surface area contributed by atoms with Crippen LogP contribution in [0, 0.1) is 0 Å². The van der Waals surface area contributed by atoms with Crippen molar-refractivity contribution >= 4 is 0 Å². The van der Waals surface area contributed by atoms with Gasteiger partial charge in [-0.3, -0.25) is 4.90 Å². The second-order valence-electron chi connectivity index (χ2n) is 6.56. The molecule has 3 aliphatic rings. The molecule has 1 spiro atoms. The van der Waals surface area contributed by atoms with Crippen molar-refractivity contribution in [3.05, 3.63) is 35.4 Å². The van der Waals surface area contributed by atoms with Crippen LogP contribution in [0.1, 0.15) is 30.9 Å². The van der Waals surface area contributed by atoms with E-state index in [2.05, 4.69) is 24.0 Å². The predicted molar refractivity (Wildman–Crippen MR) is 84.4 cm³/mol. The standard InChI is InChI=1S/C18H23NO3/c1-3-19-9-8-18-7-6-13(20)10-15(18)22-17-14(21-2)5-4-12(11-19)16(17)18/h4-7,13,15,20H,3,8-11H2,1-2H3/t13-,15+,18?/m0/s1. The lowest BCUT2D eigenvalue weighted by molar-refractivity contribution is 0.0813. The minimum atomic E-state index is -0.412. The monoisotopic (exact) mass is 301 g/mol. The molecule has 4 heteroatoms. The molecule has 3 atom stereocenters. The van der Waals surface area contributed by atoms with Crippen LogP contribution in [0.4, 0.5) is 0 Å². The largest absolute Gasteiger partial charge is 0.493 e. The van der Waals surface area contributed by atoms with Crippen LogP contribution in [0.25, 0.3) is 0 Å². The quantitative estimate of drug-likeness (QED) is 0.851. The van der Waals surface area contributed by atoms with Crippen molar-refractivity contribution in [1.29, 1.82) is 0 Å². The van der Waals surface area contributed by atoms with Gasteiger partial charge in [-0.15, -0.1) is 0 Å². The van der Waals surface area contributed by atoms with Crippen LogP contribution >= 0.6 is 0 Å². The molecule has 0 saturated carbocycles. The Labute approximate surface area is 131 Å². The summed E-state index contributed by atoms with van der Waals surface area (Å²) in [5.74, 6) is 1.70. The molecule has 1 N–H and O–H groups in total. The number of methoxy groups -OCH3 is 1. The van der Waals surface area contributed by atoms with Gasteiger partial charge in [0.1, 0.15) is 6.10 Å². The van der Waals surface area contributed by atoms with Crippen molar-refractivity contribution < 1.29 is 14.6 Å². The van der Waals surface area contributed by atoms with Gasteiger partial charge in [0.05, 0.1) is 18.6 Å². The zero-order chi connectivity index (χ0) is 15.3. The molecule has 4 nitrogen and oxygen atoms in total. The maximum Gasteiger partial charge on any atom is 0.166 e. The van der Waals surface area contributed by atoms with Crippen LogP contribution in [0.2, 0.25) is 0 Å². The Morgan fingerprint density at radius 1 is 1.45 bits per heavy atom. The van der Waals surface area contributed by atoms with Crippen LogP contribution in [-0.2, 0) is 12.0 Å². The third kappa shape index (κ3) is 1.83. The van der Waals surface area contributed by atoms with Crippen molar-refractivity contribution in [2.45, 2.75) is 43.9 Å². The molecule has 2 aliphatic heterocycles. The summed E-state index contributed by atoms with van der Waals surface area (Å²) in [6.45, 7) is 5.27. The van der Waals surface area contributed by atoms with Crippen LogP contribution in [0.15, 0.2) is 24.3 Å². The summed E-state index contributed by atoms with van der Waals surface area (Å²) in [6, 6.07) is 4.19. The average Bonchev–Trinajstić information content (AvgIpc) is 2.76. The molecule has 0 radical (unpaired) electrons. The van der Waals surface area contributed by atoms with E-state index >= 15 is 0 Å². The fourth-order valence-corrected chi connectivity index (χ4v) is 4.26. The Morgan fingerprint density at radius 3 is 3.09 bits per heavy atom. The van der Waals surface area contributed by atoms with E-state index in [9.17, 15) is 5.11 Å². The van der Waals surface area contributed by atoms with E-state index in [-0.39, 0.29) is 11.5 Å². The Morgan fingerprint density at radius 2 is 2.32 bits per heavy atom. The van der Waals surface area contributed by atoms with E-state index in [1.54, 1.807) is 7.11 Å². The number of hydrogen-bond donors (Lipinski definition) is 1. The van der Waals surface area contributed by atoms with E-state index in [0.29, 0.717) is 6.42 Å². The molecule has 1 aromatic carbocycles. The van der Waals surface area contributed by atoms with Crippen molar-refractivity contribution in [3.63, 3.8) is 0 Å². The highest BCUT2D eigenvalue weighted by Crippen LogP contribution is 2.55. The fourth-order valence-electron chi connectivity index (χ4n) is 4.26. The summed E-state index contributed by atoms with van der Waals surface area (Å²) in [6.07, 6.45) is 5.42. The number of benzene rings is 1. The third-order valence-electron chi connectivity index (χ3n) is 5.48. The molecule has 4 rings (SSSR count). The zero-order valence-electron chi connectivity index (χ0n) is 13.2. The molecule has 22 heavy (non-hydrogen) atoms. The molecule has 2 heterocycles. The third-order valence-corrected chi connectivity index (χ3v) is 5.48. The molecule has 118 valence electrons. The molecule has 0 bridgehead atoms. The number of nitrogens with zero attached hydrogens (tertiary/aromatic N) is 1. The minimum absolute atomic E-state index is 0.00866. The SMILES string of the molecule is CCN1CCC23C=C[C@H](O)C[C@H]2Oc2c(OC)ccc(c23)C1. The second kappa shape index (κ2) is 5.00. The van der Waals surface area contributed by atoms with E-state index in [1.165, 1.54) is 11.1 Å². The molecule has 0 fully saturated rings. The first-order valence-corrected chi connectivity index (χ1v) is 8.14. The first kappa shape index (κ1) is 14.1. The van der Waals surface area contributed by atoms with Gasteiger partial charge < -0.3 is 14.6 Å². The molecule has 0 amide bonds. The summed E-state index contributed by atoms with van der Waals surface area (Å²) in [7, 11) is 1.69. The molecule has 0 saturated heterocycles. The lowest BCUT2D eigenvalue weighted by atomic mass is 9.69. The maximum absolute atomic E-state index is 10.0. The number of aliphatic hydroxyl groups excluding tert-OH is 1. The Kier molecular flexibility index (Phi) is 3.20. The van der Waals surface area contributed by atoms with Crippen LogP contribution in [0.5, 0.6) is 11.5 Å². The minimum Gasteiger partial charge on any atom is -0.493 e. The maximum atomic E-state index is 10.0. The zero-order valence-corrected chi connectivity index (χ0v) is 13.2. The lowest BCUT2D eigenvalue weighted by Gasteiger charge is -2.35. The molecule has 0 aromatic heterocycles. The first-order valence-electron chi connectivity index (χ1n) is 8.14. The van der Waals surface area contributed by atoms with Crippen LogP contribution < -0.4 is 9.47 Å². The molecule has 1 aromatic rings. The number of aliphatic hydroxyl groups is 1. The first-order chi connectivity index (χ1) is 10.7. The van der Waals surface area contributed by atoms with Gasteiger partial charge in [0.2, 0.25) is 0 Å². The van der Waals surface area contributed by atoms with Crippen molar-refractivity contribution in [2.24, 2.45) is 0 Å². The Hall–Kier alpha value is -1.52. The van der Waals surface area contributed by atoms with Gasteiger partial charge in [-0.1, -0.05) is 25.1 Å². The summed E-state index contributed by atoms with van der Waals surface area (Å²) in [4.78, 5) is 2.48. The highest BCUT2D eigenvalue weighted by atomic mass is 16.5. The van der Waals surface area contributed by atoms with Gasteiger partial charge in [0.15, 0.2) is 11.5 Å². The highest BCUT2D eigenvalue weighted by molar-refractivity contribution is 5.60.